The molecule has 15 heteroatoms. The molecular weight excluding hydrogens is 485 g/mol. The quantitative estimate of drug-likeness (QED) is 0.226. The molecule has 4 atom stereocenters. The van der Waals surface area contributed by atoms with Crippen LogP contribution >= 0.6 is 11.6 Å². The number of rotatable bonds is 11. The molecule has 31 heavy (non-hydrogen) atoms. The van der Waals surface area contributed by atoms with E-state index in [1.54, 1.807) is 0 Å². The van der Waals surface area contributed by atoms with E-state index in [4.69, 9.17) is 0 Å². The predicted octanol–water partition coefficient (Wildman–Crippen LogP) is 6.92. The number of carbonyl (C=O) groups excluding carboxylic acids is 1. The van der Waals surface area contributed by atoms with Gasteiger partial charge in [0.05, 0.1) is 12.0 Å². The van der Waals surface area contributed by atoms with E-state index in [1.165, 1.54) is 0 Å². The highest BCUT2D eigenvalue weighted by molar-refractivity contribution is 6.64. The molecule has 0 fully saturated rings. The van der Waals surface area contributed by atoms with Crippen LogP contribution in [-0.4, -0.2) is 47.2 Å². The largest absolute Gasteiger partial charge is 0.448 e. The zero-order valence-electron chi connectivity index (χ0n) is 16.4. The molecule has 0 bridgehead atoms. The van der Waals surface area contributed by atoms with Crippen molar-refractivity contribution in [3.8, 4) is 0 Å². The minimum Gasteiger partial charge on any atom is -0.332 e. The molecule has 0 N–H and O–H groups in total. The van der Waals surface area contributed by atoms with Gasteiger partial charge in [-0.25, -0.2) is 8.78 Å². The molecule has 0 amide bonds. The maximum Gasteiger partial charge on any atom is 0.448 e. The second-order valence-electron chi connectivity index (χ2n) is 7.00. The summed E-state index contributed by atoms with van der Waals surface area (Å²) in [6.45, 7) is 2.45. The molecule has 0 aromatic carbocycles. The highest BCUT2D eigenvalue weighted by atomic mass is 35.5. The molecule has 0 spiro atoms. The van der Waals surface area contributed by atoms with Gasteiger partial charge < -0.3 is 9.47 Å². The smallest absolute Gasteiger partial charge is 0.332 e. The molecule has 0 saturated carbocycles. The Bertz CT molecular complexity index is 607. The first-order chi connectivity index (χ1) is 13.5. The number of alkyl halides is 11. The molecule has 0 aliphatic heterocycles. The topological polar surface area (TPSA) is 35.5 Å². The lowest BCUT2D eigenvalue weighted by atomic mass is 9.94. The molecule has 186 valence electrons. The summed E-state index contributed by atoms with van der Waals surface area (Å²) in [4.78, 5) is 10.9. The summed E-state index contributed by atoms with van der Waals surface area (Å²) in [6, 6.07) is 0. The average Bonchev–Trinajstić information content (AvgIpc) is 2.55. The number of halogens is 12. The van der Waals surface area contributed by atoms with Crippen LogP contribution in [0.2, 0.25) is 0 Å². The summed E-state index contributed by atoms with van der Waals surface area (Å²) in [6.07, 6.45) is -27.6. The highest BCUT2D eigenvalue weighted by Gasteiger charge is 2.64. The van der Waals surface area contributed by atoms with E-state index in [0.29, 0.717) is 13.8 Å². The third-order valence-electron chi connectivity index (χ3n) is 4.37. The first-order valence-corrected chi connectivity index (χ1v) is 9.06. The van der Waals surface area contributed by atoms with Crippen LogP contribution in [0.3, 0.4) is 0 Å². The molecule has 0 aliphatic rings. The van der Waals surface area contributed by atoms with Crippen molar-refractivity contribution in [2.24, 2.45) is 0 Å². The number of hydrogen-bond donors (Lipinski definition) is 0. The van der Waals surface area contributed by atoms with E-state index in [2.05, 4.69) is 21.1 Å². The molecule has 0 heterocycles. The molecule has 0 aliphatic carbocycles. The van der Waals surface area contributed by atoms with Gasteiger partial charge in [-0.15, -0.1) is 0 Å². The van der Waals surface area contributed by atoms with E-state index < -0.39 is 79.3 Å². The molecule has 0 radical (unpaired) electrons. The second-order valence-corrected chi connectivity index (χ2v) is 7.38. The first-order valence-electron chi connectivity index (χ1n) is 8.68. The van der Waals surface area contributed by atoms with Crippen molar-refractivity contribution < 1.29 is 62.6 Å². The fourth-order valence-corrected chi connectivity index (χ4v) is 2.50. The Morgan fingerprint density at radius 2 is 1.35 bits per heavy atom. The minimum atomic E-state index is -6.09. The van der Waals surface area contributed by atoms with Crippen LogP contribution in [-0.2, 0) is 14.3 Å². The summed E-state index contributed by atoms with van der Waals surface area (Å²) in [5, 5.41) is -2.33. The fraction of sp³-hybridized carbons (Fsp3) is 0.938. The van der Waals surface area contributed by atoms with Crippen molar-refractivity contribution in [2.75, 3.05) is 0 Å². The van der Waals surface area contributed by atoms with E-state index in [9.17, 15) is 53.1 Å². The van der Waals surface area contributed by atoms with Crippen molar-refractivity contribution in [3.05, 3.63) is 0 Å². The van der Waals surface area contributed by atoms with E-state index in [0.717, 1.165) is 6.92 Å². The van der Waals surface area contributed by atoms with Crippen LogP contribution in [0.15, 0.2) is 0 Å². The van der Waals surface area contributed by atoms with Crippen molar-refractivity contribution in [1.82, 2.24) is 0 Å². The standard InChI is InChI=1S/C16H20ClF11O3/c1-4-11(3,6-7-14(20,21)22)31-13(19,16(26,27)28)8-12(18,5-2)30-9(10(17)29)15(23,24)25/h9H,4-8H2,1-3H3. The normalized spacial score (nSPS) is 20.5. The summed E-state index contributed by atoms with van der Waals surface area (Å²) >= 11 is 4.66. The second kappa shape index (κ2) is 9.94. The van der Waals surface area contributed by atoms with Gasteiger partial charge in [-0.2, -0.15) is 39.5 Å². The Morgan fingerprint density at radius 3 is 1.65 bits per heavy atom. The molecule has 0 saturated heterocycles. The lowest BCUT2D eigenvalue weighted by Gasteiger charge is -2.41. The lowest BCUT2D eigenvalue weighted by Crippen LogP contribution is -2.55. The van der Waals surface area contributed by atoms with Gasteiger partial charge in [0.25, 0.3) is 5.24 Å². The summed E-state index contributed by atoms with van der Waals surface area (Å²) in [5.74, 6) is -9.13. The SMILES string of the molecule is CCC(C)(CCC(F)(F)F)OC(F)(CC(F)(CC)OC(C(=O)Cl)C(F)(F)F)C(F)(F)F. The number of carbonyl (C=O) groups is 1. The van der Waals surface area contributed by atoms with Crippen molar-refractivity contribution >= 4 is 16.8 Å². The third-order valence-corrected chi connectivity index (χ3v) is 4.57. The van der Waals surface area contributed by atoms with Crippen LogP contribution in [0.4, 0.5) is 48.3 Å². The Kier molecular flexibility index (Phi) is 9.65. The first kappa shape index (κ1) is 30.1. The fourth-order valence-electron chi connectivity index (χ4n) is 2.33. The maximum absolute atomic E-state index is 14.9. The number of hydrogen-bond acceptors (Lipinski definition) is 3. The van der Waals surface area contributed by atoms with Crippen LogP contribution in [0.1, 0.15) is 52.9 Å². The maximum atomic E-state index is 14.9. The van der Waals surface area contributed by atoms with Crippen LogP contribution < -0.4 is 0 Å². The lowest BCUT2D eigenvalue weighted by molar-refractivity contribution is -0.388. The van der Waals surface area contributed by atoms with Crippen molar-refractivity contribution in [3.63, 3.8) is 0 Å². The van der Waals surface area contributed by atoms with Crippen LogP contribution in [0, 0.1) is 0 Å². The molecule has 4 unspecified atom stereocenters. The molecule has 0 rings (SSSR count). The van der Waals surface area contributed by atoms with Gasteiger partial charge in [-0.3, -0.25) is 4.79 Å². The van der Waals surface area contributed by atoms with Gasteiger partial charge in [0, 0.05) is 12.8 Å². The molecule has 3 nitrogen and oxygen atoms in total. The monoisotopic (exact) mass is 504 g/mol. The Hall–Kier alpha value is -0.890. The average molecular weight is 505 g/mol. The van der Waals surface area contributed by atoms with Gasteiger partial charge >= 0.3 is 24.4 Å². The highest BCUT2D eigenvalue weighted by Crippen LogP contribution is 2.48. The zero-order valence-corrected chi connectivity index (χ0v) is 17.1. The Labute approximate surface area is 175 Å². The Morgan fingerprint density at radius 1 is 0.871 bits per heavy atom. The van der Waals surface area contributed by atoms with Gasteiger partial charge in [0.15, 0.2) is 0 Å². The summed E-state index contributed by atoms with van der Waals surface area (Å²) in [7, 11) is 0. The molecular formula is C16H20ClF11O3. The van der Waals surface area contributed by atoms with Gasteiger partial charge in [0.2, 0.25) is 12.0 Å². The predicted molar refractivity (Wildman–Crippen MR) is 85.5 cm³/mol. The summed E-state index contributed by atoms with van der Waals surface area (Å²) in [5.41, 5.74) is -2.43. The van der Waals surface area contributed by atoms with E-state index >= 15 is 0 Å². The van der Waals surface area contributed by atoms with Crippen LogP contribution in [0.25, 0.3) is 0 Å². The third kappa shape index (κ3) is 9.24. The van der Waals surface area contributed by atoms with Gasteiger partial charge in [0.1, 0.15) is 0 Å². The van der Waals surface area contributed by atoms with Gasteiger partial charge in [-0.1, -0.05) is 13.8 Å². The number of ether oxygens (including phenoxy) is 2. The zero-order chi connectivity index (χ0) is 25.1. The summed E-state index contributed by atoms with van der Waals surface area (Å²) < 4.78 is 154. The van der Waals surface area contributed by atoms with Crippen molar-refractivity contribution in [1.29, 1.82) is 0 Å². The van der Waals surface area contributed by atoms with E-state index in [-0.39, 0.29) is 0 Å². The van der Waals surface area contributed by atoms with Crippen LogP contribution in [0.5, 0.6) is 0 Å². The molecule has 0 aromatic rings. The van der Waals surface area contributed by atoms with Crippen molar-refractivity contribution in [2.45, 2.75) is 94.8 Å². The van der Waals surface area contributed by atoms with E-state index in [1.807, 2.05) is 0 Å². The minimum absolute atomic E-state index is 0.595. The van der Waals surface area contributed by atoms with Gasteiger partial charge in [-0.05, 0) is 31.4 Å². The molecule has 0 aromatic heterocycles. The Balaban J connectivity index is 6.02.